The Balaban J connectivity index is 2.05. The Morgan fingerprint density at radius 3 is 2.84 bits per heavy atom. The molecule has 2 rings (SSSR count). The van der Waals surface area contributed by atoms with Gasteiger partial charge in [0.25, 0.3) is 0 Å². The van der Waals surface area contributed by atoms with E-state index < -0.39 is 0 Å². The first-order valence-corrected chi connectivity index (χ1v) is 6.21. The van der Waals surface area contributed by atoms with E-state index in [1.807, 2.05) is 32.2 Å². The van der Waals surface area contributed by atoms with Crippen LogP contribution in [-0.4, -0.2) is 23.6 Å². The third kappa shape index (κ3) is 3.96. The van der Waals surface area contributed by atoms with Crippen LogP contribution in [0.4, 0.5) is 11.6 Å². The Bertz CT molecular complexity index is 499. The Hall–Kier alpha value is -2.08. The molecule has 2 aromatic heterocycles. The second-order valence-electron chi connectivity index (χ2n) is 3.87. The molecule has 6 nitrogen and oxygen atoms in total. The molecule has 19 heavy (non-hydrogen) atoms. The summed E-state index contributed by atoms with van der Waals surface area (Å²) in [7, 11) is 1.82. The van der Waals surface area contributed by atoms with Gasteiger partial charge in [-0.15, -0.1) is 0 Å². The highest BCUT2D eigenvalue weighted by molar-refractivity contribution is 5.47. The molecule has 0 amide bonds. The lowest BCUT2D eigenvalue weighted by molar-refractivity contribution is 0.128. The molecule has 102 valence electrons. The van der Waals surface area contributed by atoms with Gasteiger partial charge in [-0.3, -0.25) is 0 Å². The second kappa shape index (κ2) is 6.75. The average Bonchev–Trinajstić information content (AvgIpc) is 2.96. The Morgan fingerprint density at radius 1 is 1.32 bits per heavy atom. The zero-order chi connectivity index (χ0) is 13.5. The number of rotatable bonds is 7. The van der Waals surface area contributed by atoms with Gasteiger partial charge in [-0.05, 0) is 19.1 Å². The molecule has 6 heteroatoms. The molecule has 0 saturated heterocycles. The van der Waals surface area contributed by atoms with Gasteiger partial charge in [-0.1, -0.05) is 0 Å². The van der Waals surface area contributed by atoms with Gasteiger partial charge >= 0.3 is 0 Å². The standard InChI is InChI=1S/C13H18N4O2/c1-3-18-9-13-16-11(14-2)7-12(17-13)15-8-10-5-4-6-19-10/h4-7H,3,8-9H2,1-2H3,(H2,14,15,16,17). The molecular weight excluding hydrogens is 244 g/mol. The number of furan rings is 1. The molecule has 0 bridgehead atoms. The number of hydrogen-bond acceptors (Lipinski definition) is 6. The predicted molar refractivity (Wildman–Crippen MR) is 72.9 cm³/mol. The lowest BCUT2D eigenvalue weighted by atomic mass is 10.4. The zero-order valence-electron chi connectivity index (χ0n) is 11.1. The first-order chi connectivity index (χ1) is 9.31. The van der Waals surface area contributed by atoms with Crippen molar-refractivity contribution in [3.8, 4) is 0 Å². The molecule has 0 aliphatic rings. The monoisotopic (exact) mass is 262 g/mol. The summed E-state index contributed by atoms with van der Waals surface area (Å²) in [5, 5.41) is 6.21. The van der Waals surface area contributed by atoms with Gasteiger partial charge < -0.3 is 19.8 Å². The quantitative estimate of drug-likeness (QED) is 0.797. The molecule has 0 aliphatic carbocycles. The van der Waals surface area contributed by atoms with Crippen molar-refractivity contribution in [2.75, 3.05) is 24.3 Å². The Morgan fingerprint density at radius 2 is 2.16 bits per heavy atom. The minimum absolute atomic E-state index is 0.404. The van der Waals surface area contributed by atoms with Gasteiger partial charge in [-0.2, -0.15) is 0 Å². The molecule has 2 heterocycles. The topological polar surface area (TPSA) is 72.2 Å². The molecule has 0 spiro atoms. The van der Waals surface area contributed by atoms with Crippen LogP contribution < -0.4 is 10.6 Å². The van der Waals surface area contributed by atoms with Crippen LogP contribution in [0.25, 0.3) is 0 Å². The van der Waals surface area contributed by atoms with Gasteiger partial charge in [0.05, 0.1) is 12.8 Å². The minimum Gasteiger partial charge on any atom is -0.467 e. The van der Waals surface area contributed by atoms with Gasteiger partial charge in [0, 0.05) is 19.7 Å². The first-order valence-electron chi connectivity index (χ1n) is 6.21. The normalized spacial score (nSPS) is 10.4. The van der Waals surface area contributed by atoms with Crippen molar-refractivity contribution < 1.29 is 9.15 Å². The van der Waals surface area contributed by atoms with Crippen molar-refractivity contribution in [3.05, 3.63) is 36.0 Å². The van der Waals surface area contributed by atoms with Gasteiger partial charge in [0.15, 0.2) is 5.82 Å². The van der Waals surface area contributed by atoms with Crippen molar-refractivity contribution in [2.24, 2.45) is 0 Å². The van der Waals surface area contributed by atoms with Crippen molar-refractivity contribution in [3.63, 3.8) is 0 Å². The van der Waals surface area contributed by atoms with Crippen molar-refractivity contribution >= 4 is 11.6 Å². The molecule has 0 fully saturated rings. The average molecular weight is 262 g/mol. The van der Waals surface area contributed by atoms with E-state index in [2.05, 4.69) is 20.6 Å². The Labute approximate surface area is 112 Å². The summed E-state index contributed by atoms with van der Waals surface area (Å²) < 4.78 is 10.6. The molecule has 2 aromatic rings. The van der Waals surface area contributed by atoms with E-state index in [-0.39, 0.29) is 0 Å². The highest BCUT2D eigenvalue weighted by Gasteiger charge is 2.04. The molecule has 0 aromatic carbocycles. The number of nitrogens with zero attached hydrogens (tertiary/aromatic N) is 2. The van der Waals surface area contributed by atoms with E-state index in [9.17, 15) is 0 Å². The SMILES string of the molecule is CCOCc1nc(NC)cc(NCc2ccco2)n1. The first kappa shape index (κ1) is 13.4. The number of aromatic nitrogens is 2. The second-order valence-corrected chi connectivity index (χ2v) is 3.87. The summed E-state index contributed by atoms with van der Waals surface area (Å²) >= 11 is 0. The number of hydrogen-bond donors (Lipinski definition) is 2. The molecule has 0 unspecified atom stereocenters. The van der Waals surface area contributed by atoms with Crippen LogP contribution in [0.3, 0.4) is 0 Å². The summed E-state index contributed by atoms with van der Waals surface area (Å²) in [5.74, 6) is 3.00. The van der Waals surface area contributed by atoms with E-state index >= 15 is 0 Å². The maximum Gasteiger partial charge on any atom is 0.158 e. The summed E-state index contributed by atoms with van der Waals surface area (Å²) in [6.45, 7) is 3.57. The Kier molecular flexibility index (Phi) is 4.74. The van der Waals surface area contributed by atoms with Crippen LogP contribution in [0.15, 0.2) is 28.9 Å². The predicted octanol–water partition coefficient (Wildman–Crippen LogP) is 2.26. The summed E-state index contributed by atoms with van der Waals surface area (Å²) in [6, 6.07) is 5.61. The van der Waals surface area contributed by atoms with Crippen molar-refractivity contribution in [1.82, 2.24) is 9.97 Å². The van der Waals surface area contributed by atoms with E-state index in [1.165, 1.54) is 0 Å². The molecule has 2 N–H and O–H groups in total. The lowest BCUT2D eigenvalue weighted by Crippen LogP contribution is -2.07. The third-order valence-corrected chi connectivity index (χ3v) is 2.49. The highest BCUT2D eigenvalue weighted by Crippen LogP contribution is 2.13. The maximum atomic E-state index is 5.33. The number of anilines is 2. The van der Waals surface area contributed by atoms with Crippen LogP contribution in [0.5, 0.6) is 0 Å². The molecule has 0 aliphatic heterocycles. The molecule has 0 saturated carbocycles. The van der Waals surface area contributed by atoms with Crippen molar-refractivity contribution in [2.45, 2.75) is 20.1 Å². The fraction of sp³-hybridized carbons (Fsp3) is 0.385. The maximum absolute atomic E-state index is 5.33. The van der Waals surface area contributed by atoms with Crippen LogP contribution in [0.1, 0.15) is 18.5 Å². The van der Waals surface area contributed by atoms with Crippen LogP contribution >= 0.6 is 0 Å². The van der Waals surface area contributed by atoms with Gasteiger partial charge in [0.2, 0.25) is 0 Å². The van der Waals surface area contributed by atoms with Gasteiger partial charge in [-0.25, -0.2) is 9.97 Å². The summed E-state index contributed by atoms with van der Waals surface area (Å²) in [5.41, 5.74) is 0. The van der Waals surface area contributed by atoms with E-state index in [0.717, 1.165) is 17.4 Å². The molecule has 0 radical (unpaired) electrons. The fourth-order valence-electron chi connectivity index (χ4n) is 1.56. The number of ether oxygens (including phenoxy) is 1. The van der Waals surface area contributed by atoms with E-state index in [4.69, 9.17) is 9.15 Å². The van der Waals surface area contributed by atoms with Gasteiger partial charge in [0.1, 0.15) is 24.0 Å². The van der Waals surface area contributed by atoms with Crippen LogP contribution in [0.2, 0.25) is 0 Å². The largest absolute Gasteiger partial charge is 0.467 e. The summed E-state index contributed by atoms with van der Waals surface area (Å²) in [4.78, 5) is 8.71. The van der Waals surface area contributed by atoms with Crippen LogP contribution in [-0.2, 0) is 17.9 Å². The molecule has 0 atom stereocenters. The highest BCUT2D eigenvalue weighted by atomic mass is 16.5. The fourth-order valence-corrected chi connectivity index (χ4v) is 1.56. The number of nitrogens with one attached hydrogen (secondary N) is 2. The van der Waals surface area contributed by atoms with E-state index in [0.29, 0.717) is 25.6 Å². The molecular formula is C13H18N4O2. The zero-order valence-corrected chi connectivity index (χ0v) is 11.1. The smallest absolute Gasteiger partial charge is 0.158 e. The van der Waals surface area contributed by atoms with E-state index in [1.54, 1.807) is 6.26 Å². The minimum atomic E-state index is 0.404. The van der Waals surface area contributed by atoms with Crippen molar-refractivity contribution in [1.29, 1.82) is 0 Å². The third-order valence-electron chi connectivity index (χ3n) is 2.49. The van der Waals surface area contributed by atoms with Crippen LogP contribution in [0, 0.1) is 0 Å². The lowest BCUT2D eigenvalue weighted by Gasteiger charge is -2.09. The summed E-state index contributed by atoms with van der Waals surface area (Å²) in [6.07, 6.45) is 1.65.